The van der Waals surface area contributed by atoms with Crippen LogP contribution in [0.4, 0.5) is 4.79 Å². The Kier molecular flexibility index (Phi) is 5.48. The van der Waals surface area contributed by atoms with Gasteiger partial charge in [0.2, 0.25) is 0 Å². The van der Waals surface area contributed by atoms with E-state index in [1.165, 1.54) is 11.1 Å². The molecule has 4 rings (SSSR count). The molecule has 156 valence electrons. The summed E-state index contributed by atoms with van der Waals surface area (Å²) in [6, 6.07) is 8.31. The van der Waals surface area contributed by atoms with Crippen LogP contribution in [0.3, 0.4) is 0 Å². The van der Waals surface area contributed by atoms with Crippen LogP contribution in [-0.2, 0) is 17.6 Å². The van der Waals surface area contributed by atoms with Crippen molar-refractivity contribution in [1.82, 2.24) is 20.9 Å². The average Bonchev–Trinajstić information content (AvgIpc) is 3.25. The first-order valence-electron chi connectivity index (χ1n) is 10.7. The van der Waals surface area contributed by atoms with Crippen molar-refractivity contribution in [3.05, 3.63) is 35.4 Å². The predicted octanol–water partition coefficient (Wildman–Crippen LogP) is 1.68. The van der Waals surface area contributed by atoms with Crippen LogP contribution in [0.5, 0.6) is 0 Å². The van der Waals surface area contributed by atoms with E-state index in [4.69, 9.17) is 4.99 Å². The van der Waals surface area contributed by atoms with Crippen molar-refractivity contribution in [3.8, 4) is 0 Å². The number of likely N-dealkylation sites (tertiary alicyclic amines) is 1. The summed E-state index contributed by atoms with van der Waals surface area (Å²) in [5.74, 6) is 1.46. The lowest BCUT2D eigenvalue weighted by Crippen LogP contribution is -2.55. The number of benzene rings is 1. The van der Waals surface area contributed by atoms with Gasteiger partial charge in [-0.3, -0.25) is 15.1 Å². The normalized spacial score (nSPS) is 25.7. The zero-order chi connectivity index (χ0) is 20.4. The standard InChI is InChI=1S/C22H31N5O2/c1-3-23-20(24-14-15-12-16-6-4-5-7-17(16)13-15)27-10-8-18(9-11-27)22(2)19(28)25-21(29)26-22/h4-7,15,18H,3,8-14H2,1-2H3,(H,23,24)(H2,25,26,28,29). The summed E-state index contributed by atoms with van der Waals surface area (Å²) in [7, 11) is 0. The molecule has 2 aliphatic heterocycles. The van der Waals surface area contributed by atoms with Crippen molar-refractivity contribution < 1.29 is 9.59 Å². The van der Waals surface area contributed by atoms with Gasteiger partial charge in [0.25, 0.3) is 5.91 Å². The van der Waals surface area contributed by atoms with E-state index in [-0.39, 0.29) is 17.9 Å². The highest BCUT2D eigenvalue weighted by atomic mass is 16.2. The van der Waals surface area contributed by atoms with Gasteiger partial charge in [0.05, 0.1) is 0 Å². The van der Waals surface area contributed by atoms with Gasteiger partial charge in [0, 0.05) is 26.2 Å². The van der Waals surface area contributed by atoms with E-state index in [1.54, 1.807) is 0 Å². The third-order valence-electron chi connectivity index (χ3n) is 6.65. The minimum absolute atomic E-state index is 0.136. The number of hydrogen-bond acceptors (Lipinski definition) is 3. The minimum Gasteiger partial charge on any atom is -0.357 e. The molecule has 0 saturated carbocycles. The number of urea groups is 1. The largest absolute Gasteiger partial charge is 0.357 e. The van der Waals surface area contributed by atoms with E-state index in [0.717, 1.165) is 57.8 Å². The van der Waals surface area contributed by atoms with E-state index >= 15 is 0 Å². The van der Waals surface area contributed by atoms with Crippen molar-refractivity contribution in [2.24, 2.45) is 16.8 Å². The van der Waals surface area contributed by atoms with Gasteiger partial charge < -0.3 is 15.5 Å². The minimum atomic E-state index is -0.797. The fourth-order valence-corrected chi connectivity index (χ4v) is 4.93. The molecule has 7 nitrogen and oxygen atoms in total. The van der Waals surface area contributed by atoms with Gasteiger partial charge in [0.15, 0.2) is 5.96 Å². The van der Waals surface area contributed by atoms with Crippen molar-refractivity contribution >= 4 is 17.9 Å². The number of piperidine rings is 1. The maximum atomic E-state index is 12.2. The number of nitrogens with zero attached hydrogens (tertiary/aromatic N) is 2. The summed E-state index contributed by atoms with van der Waals surface area (Å²) in [4.78, 5) is 31.0. The van der Waals surface area contributed by atoms with Gasteiger partial charge in [-0.05, 0) is 62.5 Å². The summed E-state index contributed by atoms with van der Waals surface area (Å²) in [5.41, 5.74) is 2.13. The number of hydrogen-bond donors (Lipinski definition) is 3. The highest BCUT2D eigenvalue weighted by Gasteiger charge is 2.48. The third kappa shape index (κ3) is 3.95. The molecule has 0 spiro atoms. The molecule has 2 heterocycles. The first kappa shape index (κ1) is 19.7. The molecule has 0 aromatic heterocycles. The van der Waals surface area contributed by atoms with Gasteiger partial charge in [-0.2, -0.15) is 0 Å². The molecule has 1 aromatic carbocycles. The Bertz CT molecular complexity index is 790. The van der Waals surface area contributed by atoms with Crippen LogP contribution in [0.2, 0.25) is 0 Å². The van der Waals surface area contributed by atoms with Crippen LogP contribution in [-0.4, -0.2) is 54.5 Å². The lowest BCUT2D eigenvalue weighted by Gasteiger charge is -2.39. The second kappa shape index (κ2) is 8.05. The molecule has 1 aromatic rings. The Hall–Kier alpha value is -2.57. The molecule has 1 atom stereocenters. The van der Waals surface area contributed by atoms with E-state index < -0.39 is 5.54 Å². The summed E-state index contributed by atoms with van der Waals surface area (Å²) in [6.45, 7) is 7.25. The summed E-state index contributed by atoms with van der Waals surface area (Å²) in [6.07, 6.45) is 3.91. The van der Waals surface area contributed by atoms with Gasteiger partial charge in [-0.15, -0.1) is 0 Å². The van der Waals surface area contributed by atoms with Crippen LogP contribution in [0.15, 0.2) is 29.3 Å². The molecule has 1 unspecified atom stereocenters. The van der Waals surface area contributed by atoms with E-state index in [1.807, 2.05) is 6.92 Å². The second-order valence-corrected chi connectivity index (χ2v) is 8.61. The molecule has 3 aliphatic rings. The molecule has 3 amide bonds. The monoisotopic (exact) mass is 397 g/mol. The van der Waals surface area contributed by atoms with Crippen LogP contribution in [0.1, 0.15) is 37.8 Å². The van der Waals surface area contributed by atoms with Crippen molar-refractivity contribution in [1.29, 1.82) is 0 Å². The Morgan fingerprint density at radius 1 is 1.21 bits per heavy atom. The number of nitrogens with one attached hydrogen (secondary N) is 3. The summed E-state index contributed by atoms with van der Waals surface area (Å²) >= 11 is 0. The van der Waals surface area contributed by atoms with E-state index in [0.29, 0.717) is 5.92 Å². The summed E-state index contributed by atoms with van der Waals surface area (Å²) < 4.78 is 0. The Balaban J connectivity index is 1.36. The number of carbonyl (C=O) groups excluding carboxylic acids is 2. The molecule has 1 aliphatic carbocycles. The smallest absolute Gasteiger partial charge is 0.322 e. The van der Waals surface area contributed by atoms with E-state index in [9.17, 15) is 9.59 Å². The van der Waals surface area contributed by atoms with Gasteiger partial charge >= 0.3 is 6.03 Å². The number of fused-ring (bicyclic) bond motifs is 1. The SMILES string of the molecule is CCNC(=NCC1Cc2ccccc2C1)N1CCC(C2(C)NC(=O)NC2=O)CC1. The number of imide groups is 1. The lowest BCUT2D eigenvalue weighted by molar-refractivity contribution is -0.125. The fraction of sp³-hybridized carbons (Fsp3) is 0.591. The van der Waals surface area contributed by atoms with Crippen molar-refractivity contribution in [3.63, 3.8) is 0 Å². The molecule has 7 heteroatoms. The molecule has 29 heavy (non-hydrogen) atoms. The first-order chi connectivity index (χ1) is 14.0. The number of rotatable bonds is 4. The quantitative estimate of drug-likeness (QED) is 0.410. The van der Waals surface area contributed by atoms with Gasteiger partial charge in [-0.1, -0.05) is 24.3 Å². The summed E-state index contributed by atoms with van der Waals surface area (Å²) in [5, 5.41) is 8.64. The molecular formula is C22H31N5O2. The van der Waals surface area contributed by atoms with Gasteiger partial charge in [0.1, 0.15) is 5.54 Å². The van der Waals surface area contributed by atoms with Crippen molar-refractivity contribution in [2.45, 2.75) is 45.1 Å². The van der Waals surface area contributed by atoms with E-state index in [2.05, 4.69) is 52.0 Å². The van der Waals surface area contributed by atoms with Gasteiger partial charge in [-0.25, -0.2) is 4.79 Å². The molecule has 3 N–H and O–H groups in total. The highest BCUT2D eigenvalue weighted by Crippen LogP contribution is 2.31. The Morgan fingerprint density at radius 2 is 1.86 bits per heavy atom. The topological polar surface area (TPSA) is 85.8 Å². The maximum Gasteiger partial charge on any atom is 0.322 e. The maximum absolute atomic E-state index is 12.2. The third-order valence-corrected chi connectivity index (χ3v) is 6.65. The molecule has 0 bridgehead atoms. The first-order valence-corrected chi connectivity index (χ1v) is 10.7. The second-order valence-electron chi connectivity index (χ2n) is 8.61. The zero-order valence-electron chi connectivity index (χ0n) is 17.3. The van der Waals surface area contributed by atoms with Crippen LogP contribution in [0.25, 0.3) is 0 Å². The van der Waals surface area contributed by atoms with Crippen LogP contribution in [0, 0.1) is 11.8 Å². The Labute approximate surface area is 172 Å². The molecule has 2 saturated heterocycles. The average molecular weight is 398 g/mol. The van der Waals surface area contributed by atoms with Crippen molar-refractivity contribution in [2.75, 3.05) is 26.2 Å². The predicted molar refractivity (Wildman–Crippen MR) is 113 cm³/mol. The molecule has 0 radical (unpaired) electrons. The molecule has 2 fully saturated rings. The fourth-order valence-electron chi connectivity index (χ4n) is 4.93. The highest BCUT2D eigenvalue weighted by molar-refractivity contribution is 6.07. The van der Waals surface area contributed by atoms with Crippen LogP contribution < -0.4 is 16.0 Å². The number of aliphatic imine (C=N–C) groups is 1. The number of carbonyl (C=O) groups is 2. The zero-order valence-corrected chi connectivity index (χ0v) is 17.3. The molecular weight excluding hydrogens is 366 g/mol. The number of amides is 3. The lowest BCUT2D eigenvalue weighted by atomic mass is 9.79. The van der Waals surface area contributed by atoms with Crippen LogP contribution >= 0.6 is 0 Å². The number of guanidine groups is 1. The Morgan fingerprint density at radius 3 is 2.41 bits per heavy atom.